The summed E-state index contributed by atoms with van der Waals surface area (Å²) >= 11 is 0. The number of aliphatic carboxylic acids is 1. The van der Waals surface area contributed by atoms with Crippen molar-refractivity contribution in [2.75, 3.05) is 7.05 Å². The lowest BCUT2D eigenvalue weighted by atomic mass is 9.85. The lowest BCUT2D eigenvalue weighted by molar-refractivity contribution is -0.155. The first kappa shape index (κ1) is 14.3. The first-order valence-electron chi connectivity index (χ1n) is 7.15. The molecule has 1 aliphatic carbocycles. The van der Waals surface area contributed by atoms with E-state index < -0.39 is 18.2 Å². The van der Waals surface area contributed by atoms with Crippen LogP contribution in [0.3, 0.4) is 0 Å². The molecule has 1 N–H and O–H groups in total. The Morgan fingerprint density at radius 1 is 1.11 bits per heavy atom. The van der Waals surface area contributed by atoms with E-state index in [-0.39, 0.29) is 11.9 Å². The van der Waals surface area contributed by atoms with Crippen molar-refractivity contribution in [2.45, 2.75) is 63.7 Å². The standard InChI is InChI=1S/C14H23NO4/c1-9-5-3-4-6-10(9)15(2)13(16)11-7-8-12(19-11)14(17)18/h9-12H,3-8H2,1-2H3,(H,17,18)/t9?,10?,11-,12+/m0/s1. The van der Waals surface area contributed by atoms with Crippen molar-refractivity contribution >= 4 is 11.9 Å². The zero-order chi connectivity index (χ0) is 14.0. The van der Waals surface area contributed by atoms with Gasteiger partial charge in [0.25, 0.3) is 5.91 Å². The van der Waals surface area contributed by atoms with Gasteiger partial charge in [-0.3, -0.25) is 4.79 Å². The summed E-state index contributed by atoms with van der Waals surface area (Å²) in [4.78, 5) is 25.0. The van der Waals surface area contributed by atoms with E-state index in [0.717, 1.165) is 19.3 Å². The Kier molecular flexibility index (Phi) is 4.45. The molecule has 4 atom stereocenters. The molecule has 2 unspecified atom stereocenters. The van der Waals surface area contributed by atoms with E-state index in [1.807, 2.05) is 7.05 Å². The zero-order valence-electron chi connectivity index (χ0n) is 11.7. The van der Waals surface area contributed by atoms with E-state index in [4.69, 9.17) is 9.84 Å². The number of nitrogens with zero attached hydrogens (tertiary/aromatic N) is 1. The first-order valence-corrected chi connectivity index (χ1v) is 7.15. The van der Waals surface area contributed by atoms with Gasteiger partial charge >= 0.3 is 5.97 Å². The Bertz CT molecular complexity index is 357. The molecule has 0 spiro atoms. The van der Waals surface area contributed by atoms with Crippen LogP contribution >= 0.6 is 0 Å². The van der Waals surface area contributed by atoms with Crippen molar-refractivity contribution in [3.8, 4) is 0 Å². The Hall–Kier alpha value is -1.10. The molecule has 5 heteroatoms. The first-order chi connectivity index (χ1) is 9.00. The summed E-state index contributed by atoms with van der Waals surface area (Å²) in [6.07, 6.45) is 4.16. The minimum absolute atomic E-state index is 0.0532. The number of carbonyl (C=O) groups is 2. The average Bonchev–Trinajstić information content (AvgIpc) is 2.87. The van der Waals surface area contributed by atoms with Crippen LogP contribution in [0, 0.1) is 5.92 Å². The highest BCUT2D eigenvalue weighted by Crippen LogP contribution is 2.29. The third kappa shape index (κ3) is 3.08. The van der Waals surface area contributed by atoms with Crippen LogP contribution in [0.15, 0.2) is 0 Å². The Morgan fingerprint density at radius 2 is 1.74 bits per heavy atom. The van der Waals surface area contributed by atoms with E-state index in [9.17, 15) is 9.59 Å². The van der Waals surface area contributed by atoms with Crippen LogP contribution < -0.4 is 0 Å². The summed E-state index contributed by atoms with van der Waals surface area (Å²) in [5.74, 6) is -0.508. The Labute approximate surface area is 113 Å². The van der Waals surface area contributed by atoms with Crippen molar-refractivity contribution in [3.63, 3.8) is 0 Å². The maximum absolute atomic E-state index is 12.4. The lowest BCUT2D eigenvalue weighted by Crippen LogP contribution is -2.47. The minimum atomic E-state index is -0.969. The van der Waals surface area contributed by atoms with Crippen LogP contribution in [0.4, 0.5) is 0 Å². The van der Waals surface area contributed by atoms with Crippen molar-refractivity contribution in [3.05, 3.63) is 0 Å². The van der Waals surface area contributed by atoms with Crippen molar-refractivity contribution in [2.24, 2.45) is 5.92 Å². The van der Waals surface area contributed by atoms with E-state index in [1.165, 1.54) is 6.42 Å². The highest BCUT2D eigenvalue weighted by molar-refractivity contribution is 5.82. The fourth-order valence-electron chi connectivity index (χ4n) is 3.26. The topological polar surface area (TPSA) is 66.8 Å². The minimum Gasteiger partial charge on any atom is -0.479 e. The van der Waals surface area contributed by atoms with Crippen molar-refractivity contribution in [1.29, 1.82) is 0 Å². The molecule has 0 aromatic carbocycles. The third-order valence-electron chi connectivity index (χ3n) is 4.48. The number of likely N-dealkylation sites (N-methyl/N-ethyl adjacent to an activating group) is 1. The van der Waals surface area contributed by atoms with Crippen LogP contribution in [0.25, 0.3) is 0 Å². The summed E-state index contributed by atoms with van der Waals surface area (Å²) in [5, 5.41) is 8.89. The normalized spacial score (nSPS) is 35.1. The summed E-state index contributed by atoms with van der Waals surface area (Å²) in [5.41, 5.74) is 0. The number of rotatable bonds is 3. The van der Waals surface area contributed by atoms with E-state index in [2.05, 4.69) is 6.92 Å². The molecule has 2 fully saturated rings. The van der Waals surface area contributed by atoms with Gasteiger partial charge in [-0.25, -0.2) is 4.79 Å². The molecule has 1 heterocycles. The molecule has 0 aromatic rings. The fourth-order valence-corrected chi connectivity index (χ4v) is 3.26. The number of carboxylic acids is 1. The van der Waals surface area contributed by atoms with Gasteiger partial charge in [0.15, 0.2) is 6.10 Å². The van der Waals surface area contributed by atoms with Gasteiger partial charge in [-0.1, -0.05) is 19.8 Å². The van der Waals surface area contributed by atoms with Gasteiger partial charge in [-0.2, -0.15) is 0 Å². The zero-order valence-corrected chi connectivity index (χ0v) is 11.7. The van der Waals surface area contributed by atoms with Gasteiger partial charge in [0.05, 0.1) is 0 Å². The SMILES string of the molecule is CC1CCCCC1N(C)C(=O)[C@@H]1CC[C@H](C(=O)O)O1. The quantitative estimate of drug-likeness (QED) is 0.846. The molecular formula is C14H23NO4. The molecule has 0 bridgehead atoms. The third-order valence-corrected chi connectivity index (χ3v) is 4.48. The maximum Gasteiger partial charge on any atom is 0.332 e. The van der Waals surface area contributed by atoms with Crippen LogP contribution in [0.1, 0.15) is 45.4 Å². The van der Waals surface area contributed by atoms with E-state index in [1.54, 1.807) is 4.90 Å². The van der Waals surface area contributed by atoms with Crippen molar-refractivity contribution in [1.82, 2.24) is 4.90 Å². The Balaban J connectivity index is 1.94. The van der Waals surface area contributed by atoms with Gasteiger partial charge in [0, 0.05) is 13.1 Å². The predicted octanol–water partition coefficient (Wildman–Crippen LogP) is 1.66. The highest BCUT2D eigenvalue weighted by Gasteiger charge is 2.38. The van der Waals surface area contributed by atoms with E-state index >= 15 is 0 Å². The molecule has 1 amide bonds. The molecule has 19 heavy (non-hydrogen) atoms. The number of hydrogen-bond acceptors (Lipinski definition) is 3. The summed E-state index contributed by atoms with van der Waals surface area (Å²) in [7, 11) is 1.83. The highest BCUT2D eigenvalue weighted by atomic mass is 16.5. The number of hydrogen-bond donors (Lipinski definition) is 1. The monoisotopic (exact) mass is 269 g/mol. The van der Waals surface area contributed by atoms with Gasteiger partial charge in [-0.15, -0.1) is 0 Å². The number of amides is 1. The molecule has 1 saturated carbocycles. The smallest absolute Gasteiger partial charge is 0.332 e. The van der Waals surface area contributed by atoms with Gasteiger partial charge in [-0.05, 0) is 31.6 Å². The number of ether oxygens (including phenoxy) is 1. The number of carboxylic acid groups (broad SMARTS) is 1. The molecule has 5 nitrogen and oxygen atoms in total. The van der Waals surface area contributed by atoms with Crippen LogP contribution in [0.2, 0.25) is 0 Å². The molecular weight excluding hydrogens is 246 g/mol. The fraction of sp³-hybridized carbons (Fsp3) is 0.857. The molecule has 0 radical (unpaired) electrons. The molecule has 0 aromatic heterocycles. The average molecular weight is 269 g/mol. The second-order valence-corrected chi connectivity index (χ2v) is 5.81. The molecule has 108 valence electrons. The predicted molar refractivity (Wildman–Crippen MR) is 69.7 cm³/mol. The van der Waals surface area contributed by atoms with E-state index in [0.29, 0.717) is 18.8 Å². The summed E-state index contributed by atoms with van der Waals surface area (Å²) in [6, 6.07) is 0.272. The molecule has 1 aliphatic heterocycles. The second-order valence-electron chi connectivity index (χ2n) is 5.81. The Morgan fingerprint density at radius 3 is 2.32 bits per heavy atom. The van der Waals surface area contributed by atoms with Crippen LogP contribution in [0.5, 0.6) is 0 Å². The van der Waals surface area contributed by atoms with Gasteiger partial charge in [0.1, 0.15) is 6.10 Å². The van der Waals surface area contributed by atoms with Crippen molar-refractivity contribution < 1.29 is 19.4 Å². The molecule has 2 rings (SSSR count). The molecule has 2 aliphatic rings. The summed E-state index contributed by atoms with van der Waals surface area (Å²) in [6.45, 7) is 2.18. The second kappa shape index (κ2) is 5.90. The molecule has 1 saturated heterocycles. The summed E-state index contributed by atoms with van der Waals surface area (Å²) < 4.78 is 5.34. The largest absolute Gasteiger partial charge is 0.479 e. The lowest BCUT2D eigenvalue weighted by Gasteiger charge is -2.37. The maximum atomic E-state index is 12.4. The number of carbonyl (C=O) groups excluding carboxylic acids is 1. The van der Waals surface area contributed by atoms with Gasteiger partial charge in [0.2, 0.25) is 0 Å². The van der Waals surface area contributed by atoms with Gasteiger partial charge < -0.3 is 14.7 Å². The van der Waals surface area contributed by atoms with Crippen LogP contribution in [-0.2, 0) is 14.3 Å². The van der Waals surface area contributed by atoms with Crippen LogP contribution in [-0.4, -0.2) is 47.2 Å².